The van der Waals surface area contributed by atoms with Crippen molar-refractivity contribution in [1.82, 2.24) is 0 Å². The van der Waals surface area contributed by atoms with E-state index in [0.29, 0.717) is 0 Å². The summed E-state index contributed by atoms with van der Waals surface area (Å²) in [5.74, 6) is 0. The van der Waals surface area contributed by atoms with E-state index < -0.39 is 0 Å². The molecule has 0 spiro atoms. The zero-order valence-corrected chi connectivity index (χ0v) is 7.11. The topological polar surface area (TPSA) is 0 Å². The fraction of sp³-hybridized carbons (Fsp3) is 1.00. The number of hydrogen-bond donors (Lipinski definition) is 0. The van der Waals surface area contributed by atoms with Crippen LogP contribution in [0, 0.1) is 0 Å². The van der Waals surface area contributed by atoms with Crippen LogP contribution in [-0.4, -0.2) is 0 Å². The van der Waals surface area contributed by atoms with Gasteiger partial charge in [-0.15, -0.1) is 0 Å². The van der Waals surface area contributed by atoms with E-state index in [9.17, 15) is 0 Å². The molecule has 0 bridgehead atoms. The fourth-order valence-corrected chi connectivity index (χ4v) is 0.661. The van der Waals surface area contributed by atoms with Crippen LogP contribution in [0.5, 0.6) is 0 Å². The van der Waals surface area contributed by atoms with Crippen LogP contribution in [0.15, 0.2) is 0 Å². The Morgan fingerprint density at radius 2 is 2.00 bits per heavy atom. The molecule has 0 saturated heterocycles. The molecular weight excluding hydrogens is 185 g/mol. The molecule has 0 radical (unpaired) electrons. The summed E-state index contributed by atoms with van der Waals surface area (Å²) in [7, 11) is 0. The molecule has 0 N–H and O–H groups in total. The molecule has 0 nitrogen and oxygen atoms in total. The van der Waals surface area contributed by atoms with E-state index in [1.165, 1.54) is 17.7 Å². The standard InChI is InChI=1S/C4H9.H3P.Pd/c1-3-4-2;;/h1,3-4H2,2H3;1H3;. The predicted molar refractivity (Wildman–Crippen MR) is 30.8 cm³/mol. The summed E-state index contributed by atoms with van der Waals surface area (Å²) in [6.45, 7) is 2.19. The van der Waals surface area contributed by atoms with E-state index in [1.54, 1.807) is 0 Å². The third kappa shape index (κ3) is 8.92. The Labute approximate surface area is 54.1 Å². The van der Waals surface area contributed by atoms with Crippen molar-refractivity contribution in [2.45, 2.75) is 24.7 Å². The molecule has 6 heavy (non-hydrogen) atoms. The molecule has 0 aliphatic carbocycles. The maximum Gasteiger partial charge on any atom is -0.153 e. The van der Waals surface area contributed by atoms with Crippen LogP contribution in [0.2, 0.25) is 4.89 Å². The van der Waals surface area contributed by atoms with Gasteiger partial charge in [0.05, 0.1) is 0 Å². The predicted octanol–water partition coefficient (Wildman–Crippen LogP) is 1.81. The molecule has 0 saturated carbocycles. The minimum Gasteiger partial charge on any atom is -0.153 e. The van der Waals surface area contributed by atoms with Gasteiger partial charge >= 0.3 is 43.9 Å². The largest absolute Gasteiger partial charge is 0.153 e. The maximum absolute atomic E-state index is 3.09. The Bertz CT molecular complexity index is 15.0. The molecule has 0 aromatic carbocycles. The summed E-state index contributed by atoms with van der Waals surface area (Å²) in [5.41, 5.74) is 0. The molecule has 2 heteroatoms. The number of unbranched alkanes of at least 4 members (excludes halogenated alkanes) is 1. The molecule has 43 valence electrons. The number of rotatable bonds is 2. The van der Waals surface area contributed by atoms with E-state index in [2.05, 4.69) is 26.1 Å². The summed E-state index contributed by atoms with van der Waals surface area (Å²) in [4.78, 5) is 1.19. The summed E-state index contributed by atoms with van der Waals surface area (Å²) < 4.78 is 0. The fourth-order valence-electron chi connectivity index (χ4n) is 0.112. The zero-order valence-electron chi connectivity index (χ0n) is 4.14. The first kappa shape index (κ1) is 10.2. The molecule has 0 aromatic rings. The van der Waals surface area contributed by atoms with Gasteiger partial charge in [-0.25, -0.2) is 0 Å². The van der Waals surface area contributed by atoms with Crippen LogP contribution in [-0.2, 0) is 19.2 Å². The second kappa shape index (κ2) is 9.43. The molecular formula is C4H12PPd. The minimum atomic E-state index is 0. The molecule has 1 unspecified atom stereocenters. The SMILES string of the molecule is CCC[CH2][Pd].P. The zero-order chi connectivity index (χ0) is 4.12. The van der Waals surface area contributed by atoms with Crippen molar-refractivity contribution in [3.05, 3.63) is 0 Å². The molecule has 0 heterocycles. The monoisotopic (exact) mass is 197 g/mol. The first-order valence-corrected chi connectivity index (χ1v) is 3.03. The maximum atomic E-state index is 3.09. The van der Waals surface area contributed by atoms with E-state index in [1.807, 2.05) is 0 Å². The van der Waals surface area contributed by atoms with Gasteiger partial charge in [0, 0.05) is 0 Å². The molecule has 0 rings (SSSR count). The van der Waals surface area contributed by atoms with Crippen LogP contribution in [0.1, 0.15) is 19.8 Å². The van der Waals surface area contributed by atoms with Gasteiger partial charge in [-0.1, -0.05) is 0 Å². The van der Waals surface area contributed by atoms with Gasteiger partial charge in [-0.05, 0) is 0 Å². The molecule has 0 aromatic heterocycles. The summed E-state index contributed by atoms with van der Waals surface area (Å²) in [6.07, 6.45) is 2.63. The molecule has 1 atom stereocenters. The third-order valence-corrected chi connectivity index (χ3v) is 1.01. The average Bonchev–Trinajstić information content (AvgIpc) is 1.41. The first-order valence-electron chi connectivity index (χ1n) is 1.93. The van der Waals surface area contributed by atoms with Crippen molar-refractivity contribution in [3.8, 4) is 0 Å². The summed E-state index contributed by atoms with van der Waals surface area (Å²) in [5, 5.41) is 0. The second-order valence-electron chi connectivity index (χ2n) is 1.01. The van der Waals surface area contributed by atoms with Gasteiger partial charge in [0.25, 0.3) is 0 Å². The van der Waals surface area contributed by atoms with Crippen LogP contribution in [0.25, 0.3) is 0 Å². The molecule has 0 aliphatic rings. The van der Waals surface area contributed by atoms with Gasteiger partial charge < -0.3 is 0 Å². The van der Waals surface area contributed by atoms with E-state index in [-0.39, 0.29) is 9.90 Å². The smallest absolute Gasteiger partial charge is 0.153 e. The van der Waals surface area contributed by atoms with Gasteiger partial charge in [0.15, 0.2) is 0 Å². The quantitative estimate of drug-likeness (QED) is 0.468. The average molecular weight is 198 g/mol. The minimum absolute atomic E-state index is 0. The van der Waals surface area contributed by atoms with Gasteiger partial charge in [0.1, 0.15) is 0 Å². The van der Waals surface area contributed by atoms with Crippen LogP contribution in [0.3, 0.4) is 0 Å². The number of hydrogen-bond acceptors (Lipinski definition) is 0. The van der Waals surface area contributed by atoms with Crippen molar-refractivity contribution in [1.29, 1.82) is 0 Å². The van der Waals surface area contributed by atoms with Crippen LogP contribution < -0.4 is 0 Å². The van der Waals surface area contributed by atoms with E-state index >= 15 is 0 Å². The van der Waals surface area contributed by atoms with Crippen molar-refractivity contribution >= 4 is 9.90 Å². The second-order valence-corrected chi connectivity index (χ2v) is 1.79. The van der Waals surface area contributed by atoms with Crippen LogP contribution in [0.4, 0.5) is 0 Å². The Morgan fingerprint density at radius 3 is 2.00 bits per heavy atom. The normalized spacial score (nSPS) is 7.17. The Morgan fingerprint density at radius 1 is 1.50 bits per heavy atom. The Hall–Kier alpha value is 1.09. The Kier molecular flexibility index (Phi) is 16.0. The molecule has 0 aliphatic heterocycles. The van der Waals surface area contributed by atoms with Crippen molar-refractivity contribution in [2.75, 3.05) is 0 Å². The van der Waals surface area contributed by atoms with Crippen LogP contribution >= 0.6 is 9.90 Å². The van der Waals surface area contributed by atoms with Crippen molar-refractivity contribution < 1.29 is 19.2 Å². The van der Waals surface area contributed by atoms with Gasteiger partial charge in [-0.2, -0.15) is 9.90 Å². The summed E-state index contributed by atoms with van der Waals surface area (Å²) in [6, 6.07) is 0. The van der Waals surface area contributed by atoms with Gasteiger partial charge in [-0.3, -0.25) is 0 Å². The third-order valence-electron chi connectivity index (χ3n) is 0.465. The van der Waals surface area contributed by atoms with E-state index in [4.69, 9.17) is 0 Å². The first-order chi connectivity index (χ1) is 2.41. The molecule has 0 amide bonds. The summed E-state index contributed by atoms with van der Waals surface area (Å²) >= 11 is 3.09. The van der Waals surface area contributed by atoms with Crippen molar-refractivity contribution in [2.24, 2.45) is 0 Å². The van der Waals surface area contributed by atoms with E-state index in [0.717, 1.165) is 0 Å². The van der Waals surface area contributed by atoms with Gasteiger partial charge in [0.2, 0.25) is 0 Å². The Balaban J connectivity index is 0. The molecule has 0 fully saturated rings. The van der Waals surface area contributed by atoms with Crippen molar-refractivity contribution in [3.63, 3.8) is 0 Å².